The van der Waals surface area contributed by atoms with E-state index < -0.39 is 0 Å². The third kappa shape index (κ3) is 4.98. The van der Waals surface area contributed by atoms with Gasteiger partial charge in [0.2, 0.25) is 5.91 Å². The molecule has 0 unspecified atom stereocenters. The van der Waals surface area contributed by atoms with Crippen LogP contribution in [0.15, 0.2) is 29.4 Å². The molecule has 1 aromatic heterocycles. The lowest BCUT2D eigenvalue weighted by atomic mass is 10.1. The van der Waals surface area contributed by atoms with Gasteiger partial charge in [0.1, 0.15) is 5.75 Å². The van der Waals surface area contributed by atoms with Crippen LogP contribution in [0, 0.1) is 5.92 Å². The van der Waals surface area contributed by atoms with Crippen LogP contribution in [0.4, 0.5) is 0 Å². The number of carbonyl (C=O) groups is 1. The highest BCUT2D eigenvalue weighted by Crippen LogP contribution is 2.25. The van der Waals surface area contributed by atoms with Gasteiger partial charge in [-0.25, -0.2) is 0 Å². The van der Waals surface area contributed by atoms with E-state index in [-0.39, 0.29) is 11.9 Å². The summed E-state index contributed by atoms with van der Waals surface area (Å²) >= 11 is 1.41. The van der Waals surface area contributed by atoms with Gasteiger partial charge in [-0.2, -0.15) is 0 Å². The average Bonchev–Trinajstić information content (AvgIpc) is 3.02. The van der Waals surface area contributed by atoms with E-state index in [4.69, 9.17) is 4.74 Å². The Labute approximate surface area is 153 Å². The van der Waals surface area contributed by atoms with Gasteiger partial charge in [0.15, 0.2) is 11.0 Å². The maximum Gasteiger partial charge on any atom is 0.230 e. The van der Waals surface area contributed by atoms with E-state index in [0.29, 0.717) is 11.7 Å². The topological polar surface area (TPSA) is 69.0 Å². The van der Waals surface area contributed by atoms with E-state index in [1.165, 1.54) is 11.8 Å². The van der Waals surface area contributed by atoms with Crippen molar-refractivity contribution < 1.29 is 9.53 Å². The van der Waals surface area contributed by atoms with Crippen molar-refractivity contribution in [2.75, 3.05) is 12.9 Å². The number of aromatic nitrogens is 3. The predicted molar refractivity (Wildman–Crippen MR) is 101 cm³/mol. The molecule has 0 saturated carbocycles. The molecule has 0 aliphatic carbocycles. The predicted octanol–water partition coefficient (Wildman–Crippen LogP) is 3.23. The fourth-order valence-corrected chi connectivity index (χ4v) is 3.04. The average molecular weight is 362 g/mol. The molecular weight excluding hydrogens is 336 g/mol. The summed E-state index contributed by atoms with van der Waals surface area (Å²) < 4.78 is 7.21. The Morgan fingerprint density at radius 3 is 2.48 bits per heavy atom. The van der Waals surface area contributed by atoms with Crippen molar-refractivity contribution in [1.82, 2.24) is 20.1 Å². The quantitative estimate of drug-likeness (QED) is 0.730. The zero-order chi connectivity index (χ0) is 18.4. The Morgan fingerprint density at radius 1 is 1.24 bits per heavy atom. The van der Waals surface area contributed by atoms with Gasteiger partial charge in [0, 0.05) is 18.2 Å². The number of nitrogens with one attached hydrogen (secondary N) is 1. The molecule has 6 nitrogen and oxygen atoms in total. The minimum absolute atomic E-state index is 0.0165. The van der Waals surface area contributed by atoms with Crippen LogP contribution in [0.2, 0.25) is 0 Å². The second kappa shape index (κ2) is 8.89. The molecule has 0 bridgehead atoms. The molecule has 2 aromatic rings. The molecule has 1 N–H and O–H groups in total. The molecule has 0 fully saturated rings. The summed E-state index contributed by atoms with van der Waals surface area (Å²) in [6, 6.07) is 7.88. The van der Waals surface area contributed by atoms with Gasteiger partial charge in [-0.05, 0) is 44.0 Å². The van der Waals surface area contributed by atoms with E-state index in [2.05, 4.69) is 29.4 Å². The highest BCUT2D eigenvalue weighted by atomic mass is 32.2. The highest BCUT2D eigenvalue weighted by Gasteiger charge is 2.16. The van der Waals surface area contributed by atoms with Crippen LogP contribution in [0.5, 0.6) is 5.75 Å². The van der Waals surface area contributed by atoms with Crippen LogP contribution in [-0.4, -0.2) is 39.6 Å². The number of hydrogen-bond donors (Lipinski definition) is 1. The largest absolute Gasteiger partial charge is 0.497 e. The molecule has 2 rings (SSSR count). The number of rotatable bonds is 8. The van der Waals surface area contributed by atoms with E-state index in [1.54, 1.807) is 7.11 Å². The number of ether oxygens (including phenoxy) is 1. The number of benzene rings is 1. The second-order valence-corrected chi connectivity index (χ2v) is 7.11. The van der Waals surface area contributed by atoms with Crippen molar-refractivity contribution in [2.45, 2.75) is 45.4 Å². The number of amides is 1. The third-order valence-corrected chi connectivity index (χ3v) is 5.07. The van der Waals surface area contributed by atoms with Gasteiger partial charge in [-0.1, -0.05) is 25.6 Å². The summed E-state index contributed by atoms with van der Waals surface area (Å²) in [5, 5.41) is 12.3. The molecule has 1 heterocycles. The summed E-state index contributed by atoms with van der Waals surface area (Å²) in [7, 11) is 1.64. The maximum atomic E-state index is 12.1. The summed E-state index contributed by atoms with van der Waals surface area (Å²) in [6.45, 7) is 8.98. The minimum Gasteiger partial charge on any atom is -0.497 e. The fourth-order valence-electron chi connectivity index (χ4n) is 2.23. The molecule has 0 saturated heterocycles. The first kappa shape index (κ1) is 19.3. The number of carbonyl (C=O) groups excluding carboxylic acids is 1. The van der Waals surface area contributed by atoms with Gasteiger partial charge in [0.05, 0.1) is 12.9 Å². The molecule has 25 heavy (non-hydrogen) atoms. The van der Waals surface area contributed by atoms with Crippen LogP contribution < -0.4 is 10.1 Å². The number of thioether (sulfide) groups is 1. The van der Waals surface area contributed by atoms with Crippen molar-refractivity contribution in [1.29, 1.82) is 0 Å². The highest BCUT2D eigenvalue weighted by molar-refractivity contribution is 7.99. The first-order chi connectivity index (χ1) is 12.0. The first-order valence-electron chi connectivity index (χ1n) is 8.46. The third-order valence-electron chi connectivity index (χ3n) is 4.10. The van der Waals surface area contributed by atoms with Crippen molar-refractivity contribution >= 4 is 17.7 Å². The Kier molecular flexibility index (Phi) is 6.87. The Balaban J connectivity index is 2.07. The number of hydrogen-bond acceptors (Lipinski definition) is 5. The Bertz CT molecular complexity index is 698. The molecule has 1 atom stereocenters. The lowest BCUT2D eigenvalue weighted by Gasteiger charge is -2.17. The van der Waals surface area contributed by atoms with E-state index in [1.807, 2.05) is 42.7 Å². The molecular formula is C18H26N4O2S. The normalized spacial score (nSPS) is 12.2. The van der Waals surface area contributed by atoms with E-state index >= 15 is 0 Å². The SMILES string of the molecule is CCn1c(SCC(=O)N[C@@H](C)C(C)C)nnc1-c1ccc(OC)cc1. The molecule has 0 aliphatic heterocycles. The van der Waals surface area contributed by atoms with Crippen LogP contribution in [0.1, 0.15) is 27.7 Å². The van der Waals surface area contributed by atoms with E-state index in [0.717, 1.165) is 28.8 Å². The van der Waals surface area contributed by atoms with E-state index in [9.17, 15) is 4.79 Å². The fraction of sp³-hybridized carbons (Fsp3) is 0.500. The van der Waals surface area contributed by atoms with Gasteiger partial charge < -0.3 is 14.6 Å². The summed E-state index contributed by atoms with van der Waals surface area (Å²) in [5.41, 5.74) is 0.972. The number of methoxy groups -OCH3 is 1. The molecule has 136 valence electrons. The molecule has 1 amide bonds. The zero-order valence-corrected chi connectivity index (χ0v) is 16.3. The van der Waals surface area contributed by atoms with Crippen molar-refractivity contribution in [2.24, 2.45) is 5.92 Å². The van der Waals surface area contributed by atoms with Gasteiger partial charge in [-0.15, -0.1) is 10.2 Å². The van der Waals surface area contributed by atoms with Crippen LogP contribution >= 0.6 is 11.8 Å². The van der Waals surface area contributed by atoms with Crippen molar-refractivity contribution in [3.05, 3.63) is 24.3 Å². The maximum absolute atomic E-state index is 12.1. The van der Waals surface area contributed by atoms with Gasteiger partial charge >= 0.3 is 0 Å². The van der Waals surface area contributed by atoms with Crippen LogP contribution in [0.3, 0.4) is 0 Å². The van der Waals surface area contributed by atoms with Gasteiger partial charge in [-0.3, -0.25) is 4.79 Å². The van der Waals surface area contributed by atoms with Crippen LogP contribution in [-0.2, 0) is 11.3 Å². The van der Waals surface area contributed by atoms with Gasteiger partial charge in [0.25, 0.3) is 0 Å². The summed E-state index contributed by atoms with van der Waals surface area (Å²) in [4.78, 5) is 12.1. The minimum atomic E-state index is 0.0165. The first-order valence-corrected chi connectivity index (χ1v) is 9.44. The molecule has 0 aliphatic rings. The Morgan fingerprint density at radius 2 is 1.92 bits per heavy atom. The zero-order valence-electron chi connectivity index (χ0n) is 15.4. The van der Waals surface area contributed by atoms with Crippen molar-refractivity contribution in [3.8, 4) is 17.1 Å². The molecule has 7 heteroatoms. The molecule has 0 radical (unpaired) electrons. The summed E-state index contributed by atoms with van der Waals surface area (Å²) in [5.74, 6) is 2.36. The molecule has 1 aromatic carbocycles. The monoisotopic (exact) mass is 362 g/mol. The van der Waals surface area contributed by atoms with Crippen LogP contribution in [0.25, 0.3) is 11.4 Å². The lowest BCUT2D eigenvalue weighted by molar-refractivity contribution is -0.119. The standard InChI is InChI=1S/C18H26N4O2S/c1-6-22-17(14-7-9-15(24-5)10-8-14)20-21-18(22)25-11-16(23)19-13(4)12(2)3/h7-10,12-13H,6,11H2,1-5H3,(H,19,23)/t13-/m0/s1. The summed E-state index contributed by atoms with van der Waals surface area (Å²) in [6.07, 6.45) is 0. The molecule has 0 spiro atoms. The smallest absolute Gasteiger partial charge is 0.230 e. The Hall–Kier alpha value is -2.02. The lowest BCUT2D eigenvalue weighted by Crippen LogP contribution is -2.37. The second-order valence-electron chi connectivity index (χ2n) is 6.17. The number of nitrogens with zero attached hydrogens (tertiary/aromatic N) is 3. The van der Waals surface area contributed by atoms with Crippen molar-refractivity contribution in [3.63, 3.8) is 0 Å².